The molecule has 0 fully saturated rings. The van der Waals surface area contributed by atoms with Crippen molar-refractivity contribution in [1.82, 2.24) is 0 Å². The van der Waals surface area contributed by atoms with E-state index in [1.54, 1.807) is 30.4 Å². The van der Waals surface area contributed by atoms with Crippen LogP contribution in [0.5, 0.6) is 23.0 Å². The van der Waals surface area contributed by atoms with Crippen LogP contribution < -0.4 is 14.2 Å². The molecule has 0 spiro atoms. The molecule has 2 rings (SSSR count). The van der Waals surface area contributed by atoms with Crippen molar-refractivity contribution in [3.8, 4) is 23.0 Å². The average Bonchev–Trinajstić information content (AvgIpc) is 2.88. The summed E-state index contributed by atoms with van der Waals surface area (Å²) in [7, 11) is 2.89. The Morgan fingerprint density at radius 3 is 2.10 bits per heavy atom. The predicted molar refractivity (Wildman–Crippen MR) is 147 cm³/mol. The van der Waals surface area contributed by atoms with E-state index >= 15 is 0 Å². The second-order valence-electron chi connectivity index (χ2n) is 9.91. The SMILES string of the molecule is COc1cc([C@@H](O)[C@@H](COC(=O)CC(C)C)Oc2ccc(C=CCOC(=O)CC(C)C)cc2OC)ccc1O. The van der Waals surface area contributed by atoms with Gasteiger partial charge in [0.1, 0.15) is 19.3 Å². The predicted octanol–water partition coefficient (Wildman–Crippen LogP) is 5.08. The van der Waals surface area contributed by atoms with Gasteiger partial charge in [0, 0.05) is 12.8 Å². The molecule has 9 nitrogen and oxygen atoms in total. The molecule has 0 bridgehead atoms. The van der Waals surface area contributed by atoms with Gasteiger partial charge in [-0.2, -0.15) is 0 Å². The molecule has 0 amide bonds. The minimum atomic E-state index is -1.23. The van der Waals surface area contributed by atoms with Crippen LogP contribution in [0.4, 0.5) is 0 Å². The Hall–Kier alpha value is -3.72. The maximum atomic E-state index is 12.2. The number of phenols is 1. The number of aliphatic hydroxyl groups excluding tert-OH is 1. The van der Waals surface area contributed by atoms with E-state index < -0.39 is 18.2 Å². The molecule has 0 saturated carbocycles. The average molecular weight is 545 g/mol. The molecule has 0 saturated heterocycles. The summed E-state index contributed by atoms with van der Waals surface area (Å²) in [4.78, 5) is 23.9. The summed E-state index contributed by atoms with van der Waals surface area (Å²) in [5, 5.41) is 21.1. The van der Waals surface area contributed by atoms with Crippen LogP contribution >= 0.6 is 0 Å². The standard InChI is InChI=1S/C30H40O9/c1-19(2)14-28(32)37-13-7-8-21-9-12-24(26(16-21)36-6)39-27(18-38-29(33)15-20(3)4)30(34)22-10-11-23(31)25(17-22)35-5/h7-12,16-17,19-20,27,30-31,34H,13-15,18H2,1-6H3/t27-,30-/m1/s1. The lowest BCUT2D eigenvalue weighted by Gasteiger charge is -2.26. The van der Waals surface area contributed by atoms with E-state index in [4.69, 9.17) is 23.7 Å². The van der Waals surface area contributed by atoms with E-state index in [-0.39, 0.29) is 48.9 Å². The zero-order valence-electron chi connectivity index (χ0n) is 23.5. The number of methoxy groups -OCH3 is 2. The number of carbonyl (C=O) groups excluding carboxylic acids is 2. The highest BCUT2D eigenvalue weighted by Gasteiger charge is 2.27. The van der Waals surface area contributed by atoms with E-state index in [9.17, 15) is 19.8 Å². The molecule has 0 aliphatic rings. The number of benzene rings is 2. The van der Waals surface area contributed by atoms with Crippen LogP contribution in [0, 0.1) is 11.8 Å². The Labute approximate surface area is 230 Å². The van der Waals surface area contributed by atoms with Crippen LogP contribution in [-0.4, -0.2) is 55.7 Å². The lowest BCUT2D eigenvalue weighted by Crippen LogP contribution is -2.32. The maximum absolute atomic E-state index is 12.2. The zero-order chi connectivity index (χ0) is 28.9. The first-order valence-corrected chi connectivity index (χ1v) is 12.9. The van der Waals surface area contributed by atoms with Gasteiger partial charge in [0.15, 0.2) is 29.1 Å². The van der Waals surface area contributed by atoms with Crippen LogP contribution in [-0.2, 0) is 19.1 Å². The van der Waals surface area contributed by atoms with Crippen molar-refractivity contribution in [2.75, 3.05) is 27.4 Å². The smallest absolute Gasteiger partial charge is 0.306 e. The third-order valence-electron chi connectivity index (χ3n) is 5.57. The molecule has 0 radical (unpaired) electrons. The zero-order valence-corrected chi connectivity index (χ0v) is 23.5. The molecule has 2 atom stereocenters. The first-order chi connectivity index (χ1) is 18.5. The number of ether oxygens (including phenoxy) is 5. The molecule has 0 aliphatic heterocycles. The summed E-state index contributed by atoms with van der Waals surface area (Å²) in [5.41, 5.74) is 1.18. The molecular weight excluding hydrogens is 504 g/mol. The topological polar surface area (TPSA) is 121 Å². The van der Waals surface area contributed by atoms with E-state index in [1.165, 1.54) is 32.4 Å². The minimum absolute atomic E-state index is 0.0747. The van der Waals surface area contributed by atoms with Crippen LogP contribution in [0.3, 0.4) is 0 Å². The molecule has 2 aromatic rings. The summed E-state index contributed by atoms with van der Waals surface area (Å²) in [6.07, 6.45) is 1.89. The van der Waals surface area contributed by atoms with E-state index in [0.717, 1.165) is 5.56 Å². The van der Waals surface area contributed by atoms with Crippen molar-refractivity contribution in [3.05, 3.63) is 53.6 Å². The molecule has 214 valence electrons. The van der Waals surface area contributed by atoms with E-state index in [2.05, 4.69) is 0 Å². The molecule has 0 heterocycles. The van der Waals surface area contributed by atoms with Crippen molar-refractivity contribution in [2.45, 2.75) is 52.7 Å². The van der Waals surface area contributed by atoms with Gasteiger partial charge in [-0.05, 0) is 53.3 Å². The van der Waals surface area contributed by atoms with Crippen molar-refractivity contribution in [2.24, 2.45) is 11.8 Å². The van der Waals surface area contributed by atoms with Gasteiger partial charge in [0.25, 0.3) is 0 Å². The number of esters is 2. The third kappa shape index (κ3) is 10.5. The largest absolute Gasteiger partial charge is 0.504 e. The highest BCUT2D eigenvalue weighted by Crippen LogP contribution is 2.34. The number of hydrogen-bond acceptors (Lipinski definition) is 9. The first kappa shape index (κ1) is 31.5. The summed E-state index contributed by atoms with van der Waals surface area (Å²) in [5.74, 6) is 0.519. The third-order valence-corrected chi connectivity index (χ3v) is 5.57. The van der Waals surface area contributed by atoms with Gasteiger partial charge in [0.05, 0.1) is 14.2 Å². The number of aliphatic hydroxyl groups is 1. The molecule has 0 aliphatic carbocycles. The lowest BCUT2D eigenvalue weighted by molar-refractivity contribution is -0.149. The first-order valence-electron chi connectivity index (χ1n) is 12.9. The van der Waals surface area contributed by atoms with E-state index in [1.807, 2.05) is 27.7 Å². The van der Waals surface area contributed by atoms with Crippen molar-refractivity contribution < 1.29 is 43.5 Å². The molecule has 2 aromatic carbocycles. The number of aromatic hydroxyl groups is 1. The maximum Gasteiger partial charge on any atom is 0.306 e. The Bertz CT molecular complexity index is 1110. The van der Waals surface area contributed by atoms with Crippen LogP contribution in [0.15, 0.2) is 42.5 Å². The van der Waals surface area contributed by atoms with Crippen molar-refractivity contribution in [3.63, 3.8) is 0 Å². The van der Waals surface area contributed by atoms with Gasteiger partial charge in [-0.25, -0.2) is 0 Å². The van der Waals surface area contributed by atoms with Gasteiger partial charge in [0.2, 0.25) is 0 Å². The number of phenolic OH excluding ortho intramolecular Hbond substituents is 1. The second kappa shape index (κ2) is 15.6. The van der Waals surface area contributed by atoms with Crippen LogP contribution in [0.25, 0.3) is 6.08 Å². The summed E-state index contributed by atoms with van der Waals surface area (Å²) >= 11 is 0. The minimum Gasteiger partial charge on any atom is -0.504 e. The normalized spacial score (nSPS) is 12.8. The Morgan fingerprint density at radius 1 is 0.846 bits per heavy atom. The van der Waals surface area contributed by atoms with Crippen molar-refractivity contribution >= 4 is 18.0 Å². The Balaban J connectivity index is 2.22. The monoisotopic (exact) mass is 544 g/mol. The van der Waals surface area contributed by atoms with Gasteiger partial charge in [-0.1, -0.05) is 45.9 Å². The summed E-state index contributed by atoms with van der Waals surface area (Å²) < 4.78 is 27.4. The number of hydrogen-bond donors (Lipinski definition) is 2. The fraction of sp³-hybridized carbons (Fsp3) is 0.467. The van der Waals surface area contributed by atoms with Crippen LogP contribution in [0.2, 0.25) is 0 Å². The summed E-state index contributed by atoms with van der Waals surface area (Å²) in [6.45, 7) is 7.65. The number of carbonyl (C=O) groups is 2. The molecular formula is C30H40O9. The van der Waals surface area contributed by atoms with Gasteiger partial charge in [-0.15, -0.1) is 0 Å². The highest BCUT2D eigenvalue weighted by molar-refractivity contribution is 5.70. The Morgan fingerprint density at radius 2 is 1.49 bits per heavy atom. The van der Waals surface area contributed by atoms with Crippen molar-refractivity contribution in [1.29, 1.82) is 0 Å². The molecule has 9 heteroatoms. The molecule has 0 unspecified atom stereocenters. The van der Waals surface area contributed by atoms with Gasteiger partial charge >= 0.3 is 11.9 Å². The molecule has 39 heavy (non-hydrogen) atoms. The van der Waals surface area contributed by atoms with E-state index in [0.29, 0.717) is 23.5 Å². The number of rotatable bonds is 15. The Kier molecular flexibility index (Phi) is 12.6. The fourth-order valence-corrected chi connectivity index (χ4v) is 3.62. The quantitative estimate of drug-likeness (QED) is 0.296. The fourth-order valence-electron chi connectivity index (χ4n) is 3.62. The van der Waals surface area contributed by atoms with Crippen LogP contribution in [0.1, 0.15) is 57.8 Å². The molecule has 2 N–H and O–H groups in total. The lowest BCUT2D eigenvalue weighted by atomic mass is 10.0. The second-order valence-corrected chi connectivity index (χ2v) is 9.91. The molecule has 0 aromatic heterocycles. The summed E-state index contributed by atoms with van der Waals surface area (Å²) in [6, 6.07) is 9.62. The highest BCUT2D eigenvalue weighted by atomic mass is 16.6. The van der Waals surface area contributed by atoms with Gasteiger partial charge in [-0.3, -0.25) is 9.59 Å². The van der Waals surface area contributed by atoms with Gasteiger partial charge < -0.3 is 33.9 Å².